The van der Waals surface area contributed by atoms with E-state index in [0.717, 1.165) is 6.08 Å². The first kappa shape index (κ1) is 43.9. The van der Waals surface area contributed by atoms with Gasteiger partial charge in [-0.3, -0.25) is 28.8 Å². The van der Waals surface area contributed by atoms with Crippen LogP contribution in [0.3, 0.4) is 0 Å². The average molecular weight is 734 g/mol. The SMILES string of the molecule is C=C(C)C(=O)NC(C)(C)C(=O)NCCOc1ccc(C(=O)C(C)(O)C/C=C\C(=O)C(=N)CC(=O)CCCCOc2ccc(C(=O)C(C)(C)O)cc2)cc1. The summed E-state index contributed by atoms with van der Waals surface area (Å²) in [6, 6.07) is 12.4. The predicted molar refractivity (Wildman–Crippen MR) is 199 cm³/mol. The molecule has 2 amide bonds. The minimum atomic E-state index is -1.86. The summed E-state index contributed by atoms with van der Waals surface area (Å²) in [4.78, 5) is 74.1. The van der Waals surface area contributed by atoms with Gasteiger partial charge in [0.2, 0.25) is 11.8 Å². The van der Waals surface area contributed by atoms with Gasteiger partial charge in [0.1, 0.15) is 40.6 Å². The summed E-state index contributed by atoms with van der Waals surface area (Å²) in [5.74, 6) is -1.85. The summed E-state index contributed by atoms with van der Waals surface area (Å²) in [7, 11) is 0. The maximum absolute atomic E-state index is 13.0. The Kier molecular flexibility index (Phi) is 16.2. The quantitative estimate of drug-likeness (QED) is 0.0474. The summed E-state index contributed by atoms with van der Waals surface area (Å²) < 4.78 is 11.2. The highest BCUT2D eigenvalue weighted by Crippen LogP contribution is 2.21. The van der Waals surface area contributed by atoms with Crippen molar-refractivity contribution in [2.45, 2.75) is 90.4 Å². The molecule has 2 rings (SSSR count). The largest absolute Gasteiger partial charge is 0.494 e. The van der Waals surface area contributed by atoms with Crippen LogP contribution in [0.15, 0.2) is 72.8 Å². The lowest BCUT2D eigenvalue weighted by atomic mass is 9.91. The lowest BCUT2D eigenvalue weighted by Gasteiger charge is -2.25. The van der Waals surface area contributed by atoms with Gasteiger partial charge in [0.15, 0.2) is 17.3 Å². The van der Waals surface area contributed by atoms with Gasteiger partial charge in [0.05, 0.1) is 25.3 Å². The molecule has 0 aliphatic heterocycles. The van der Waals surface area contributed by atoms with E-state index in [4.69, 9.17) is 14.9 Å². The van der Waals surface area contributed by atoms with Crippen LogP contribution in [0.5, 0.6) is 11.5 Å². The van der Waals surface area contributed by atoms with E-state index < -0.39 is 51.6 Å². The number of carbonyl (C=O) groups excluding carboxylic acids is 6. The molecule has 13 nitrogen and oxygen atoms in total. The smallest absolute Gasteiger partial charge is 0.247 e. The number of unbranched alkanes of at least 4 members (excludes halogenated alkanes) is 1. The van der Waals surface area contributed by atoms with E-state index in [1.165, 1.54) is 51.1 Å². The summed E-state index contributed by atoms with van der Waals surface area (Å²) >= 11 is 0. The molecule has 0 saturated carbocycles. The highest BCUT2D eigenvalue weighted by Gasteiger charge is 2.31. The molecular weight excluding hydrogens is 682 g/mol. The number of rotatable bonds is 23. The predicted octanol–water partition coefficient (Wildman–Crippen LogP) is 4.28. The van der Waals surface area contributed by atoms with Gasteiger partial charge in [0, 0.05) is 29.5 Å². The summed E-state index contributed by atoms with van der Waals surface area (Å²) in [6.07, 6.45) is 2.99. The van der Waals surface area contributed by atoms with E-state index in [-0.39, 0.29) is 49.3 Å². The van der Waals surface area contributed by atoms with Crippen molar-refractivity contribution < 1.29 is 48.5 Å². The molecule has 0 radical (unpaired) electrons. The Morgan fingerprint density at radius 2 is 1.34 bits per heavy atom. The number of aliphatic hydroxyl groups is 2. The number of ketones is 4. The Hall–Kier alpha value is -5.27. The first-order chi connectivity index (χ1) is 24.6. The minimum absolute atomic E-state index is 0.114. The van der Waals surface area contributed by atoms with Crippen LogP contribution >= 0.6 is 0 Å². The molecule has 2 aromatic carbocycles. The van der Waals surface area contributed by atoms with Crippen LogP contribution in [-0.2, 0) is 19.2 Å². The van der Waals surface area contributed by atoms with Crippen LogP contribution < -0.4 is 20.1 Å². The lowest BCUT2D eigenvalue weighted by Crippen LogP contribution is -2.55. The highest BCUT2D eigenvalue weighted by atomic mass is 16.5. The molecule has 2 aromatic rings. The minimum Gasteiger partial charge on any atom is -0.494 e. The maximum atomic E-state index is 13.0. The van der Waals surface area contributed by atoms with Crippen LogP contribution in [-0.4, -0.2) is 87.4 Å². The second-order valence-corrected chi connectivity index (χ2v) is 14.0. The van der Waals surface area contributed by atoms with Gasteiger partial charge < -0.3 is 35.7 Å². The van der Waals surface area contributed by atoms with Gasteiger partial charge in [-0.1, -0.05) is 12.7 Å². The molecule has 0 aliphatic rings. The third-order valence-corrected chi connectivity index (χ3v) is 7.89. The monoisotopic (exact) mass is 733 g/mol. The summed E-state index contributed by atoms with van der Waals surface area (Å²) in [5, 5.41) is 33.9. The van der Waals surface area contributed by atoms with Crippen molar-refractivity contribution in [3.8, 4) is 11.5 Å². The Balaban J connectivity index is 1.72. The van der Waals surface area contributed by atoms with Crippen LogP contribution in [0, 0.1) is 5.41 Å². The number of hydrogen-bond acceptors (Lipinski definition) is 11. The molecule has 53 heavy (non-hydrogen) atoms. The first-order valence-corrected chi connectivity index (χ1v) is 17.2. The number of nitrogens with one attached hydrogen (secondary N) is 3. The van der Waals surface area contributed by atoms with Crippen LogP contribution in [0.2, 0.25) is 0 Å². The van der Waals surface area contributed by atoms with Crippen LogP contribution in [0.4, 0.5) is 0 Å². The maximum Gasteiger partial charge on any atom is 0.247 e. The molecular formula is C40H51N3O10. The molecule has 5 N–H and O–H groups in total. The van der Waals surface area contributed by atoms with Crippen molar-refractivity contribution in [2.75, 3.05) is 19.8 Å². The van der Waals surface area contributed by atoms with Gasteiger partial charge in [-0.25, -0.2) is 0 Å². The Bertz CT molecular complexity index is 1700. The highest BCUT2D eigenvalue weighted by molar-refractivity contribution is 6.45. The van der Waals surface area contributed by atoms with Crippen LogP contribution in [0.1, 0.15) is 94.4 Å². The number of benzene rings is 2. The van der Waals surface area contributed by atoms with Gasteiger partial charge >= 0.3 is 0 Å². The third-order valence-electron chi connectivity index (χ3n) is 7.89. The van der Waals surface area contributed by atoms with E-state index >= 15 is 0 Å². The molecule has 0 aromatic heterocycles. The molecule has 0 bridgehead atoms. The summed E-state index contributed by atoms with van der Waals surface area (Å²) in [6.45, 7) is 13.0. The van der Waals surface area contributed by atoms with Gasteiger partial charge in [-0.05, 0) is 109 Å². The van der Waals surface area contributed by atoms with Crippen molar-refractivity contribution in [2.24, 2.45) is 0 Å². The molecule has 0 spiro atoms. The number of ether oxygens (including phenoxy) is 2. The molecule has 1 atom stereocenters. The second-order valence-electron chi connectivity index (χ2n) is 14.0. The van der Waals surface area contributed by atoms with Crippen molar-refractivity contribution in [3.05, 3.63) is 84.0 Å². The van der Waals surface area contributed by atoms with Gasteiger partial charge in [-0.15, -0.1) is 0 Å². The van der Waals surface area contributed by atoms with E-state index in [2.05, 4.69) is 17.2 Å². The van der Waals surface area contributed by atoms with Crippen LogP contribution in [0.25, 0.3) is 0 Å². The second kappa shape index (κ2) is 19.5. The van der Waals surface area contributed by atoms with Gasteiger partial charge in [0.25, 0.3) is 0 Å². The van der Waals surface area contributed by atoms with Crippen molar-refractivity contribution in [3.63, 3.8) is 0 Å². The third kappa shape index (κ3) is 14.7. The molecule has 13 heteroatoms. The lowest BCUT2D eigenvalue weighted by molar-refractivity contribution is -0.131. The first-order valence-electron chi connectivity index (χ1n) is 17.2. The Labute approximate surface area is 310 Å². The molecule has 0 fully saturated rings. The fraction of sp³-hybridized carbons (Fsp3) is 0.425. The Morgan fingerprint density at radius 3 is 1.87 bits per heavy atom. The van der Waals surface area contributed by atoms with E-state index in [1.807, 2.05) is 0 Å². The zero-order valence-electron chi connectivity index (χ0n) is 31.3. The molecule has 286 valence electrons. The fourth-order valence-electron chi connectivity index (χ4n) is 4.65. The Morgan fingerprint density at radius 1 is 0.811 bits per heavy atom. The van der Waals surface area contributed by atoms with Crippen molar-refractivity contribution in [1.29, 1.82) is 5.41 Å². The number of allylic oxidation sites excluding steroid dienone is 1. The molecule has 0 heterocycles. The molecule has 0 saturated heterocycles. The number of carbonyl (C=O) groups is 6. The topological polar surface area (TPSA) is 209 Å². The molecule has 0 aliphatic carbocycles. The zero-order valence-corrected chi connectivity index (χ0v) is 31.3. The van der Waals surface area contributed by atoms with Crippen molar-refractivity contribution in [1.82, 2.24) is 10.6 Å². The summed E-state index contributed by atoms with van der Waals surface area (Å²) in [5.41, 5.74) is -4.04. The standard InChI is InChI=1S/C40H51N3O10/c1-26(2)36(48)43-38(3,4)37(49)42-22-24-53-31-19-15-28(16-20-31)35(47)40(7,51)21-10-12-33(45)32(41)25-29(44)11-8-9-23-52-30-17-13-27(14-18-30)34(46)39(5,6)50/h10,12-20,41,50-51H,1,8-9,11,21-25H2,2-7H3,(H,42,49)(H,43,48)/b12-10-,41-32?. The van der Waals surface area contributed by atoms with E-state index in [0.29, 0.717) is 36.5 Å². The van der Waals surface area contributed by atoms with E-state index in [1.54, 1.807) is 45.0 Å². The average Bonchev–Trinajstić information content (AvgIpc) is 3.08. The van der Waals surface area contributed by atoms with E-state index in [9.17, 15) is 39.0 Å². The number of amides is 2. The van der Waals surface area contributed by atoms with Gasteiger partial charge in [-0.2, -0.15) is 0 Å². The normalized spacial score (nSPS) is 12.7. The van der Waals surface area contributed by atoms with Crippen molar-refractivity contribution >= 4 is 40.7 Å². The number of hydrogen-bond donors (Lipinski definition) is 5. The fourth-order valence-corrected chi connectivity index (χ4v) is 4.65. The zero-order chi connectivity index (χ0) is 40.0. The molecule has 1 unspecified atom stereocenters. The number of Topliss-reactive ketones (excluding diaryl/α,β-unsaturated/α-hetero) is 3.